The van der Waals surface area contributed by atoms with Gasteiger partial charge in [0.15, 0.2) is 0 Å². The topological polar surface area (TPSA) is 58.2 Å². The van der Waals surface area contributed by atoms with Crippen LogP contribution in [-0.4, -0.2) is 11.8 Å². The van der Waals surface area contributed by atoms with Crippen molar-refractivity contribution in [3.8, 4) is 0 Å². The van der Waals surface area contributed by atoms with Crippen molar-refractivity contribution in [2.45, 2.75) is 30.4 Å². The predicted octanol–water partition coefficient (Wildman–Crippen LogP) is 8.59. The van der Waals surface area contributed by atoms with Gasteiger partial charge in [-0.25, -0.2) is 0 Å². The first-order valence-electron chi connectivity index (χ1n) is 11.8. The summed E-state index contributed by atoms with van der Waals surface area (Å²) >= 11 is 13.6. The first-order valence-corrected chi connectivity index (χ1v) is 13.5. The Labute approximate surface area is 231 Å². The molecule has 37 heavy (non-hydrogen) atoms. The zero-order valence-electron chi connectivity index (χ0n) is 20.4. The Morgan fingerprint density at radius 1 is 0.865 bits per heavy atom. The van der Waals surface area contributed by atoms with Gasteiger partial charge in [0.05, 0.1) is 10.6 Å². The average Bonchev–Trinajstić information content (AvgIpc) is 2.89. The molecule has 0 heterocycles. The SMILES string of the molecule is CCc1cccc(C)c1NC(=O)C(Sc1cccc(NC(=O)c2ccc(Cl)cc2Cl)c1)c1ccccc1. The highest BCUT2D eigenvalue weighted by Gasteiger charge is 2.24. The highest BCUT2D eigenvalue weighted by Crippen LogP contribution is 2.38. The van der Waals surface area contributed by atoms with Crippen molar-refractivity contribution in [2.24, 2.45) is 0 Å². The maximum absolute atomic E-state index is 13.6. The van der Waals surface area contributed by atoms with Gasteiger partial charge in [-0.15, -0.1) is 11.8 Å². The minimum Gasteiger partial charge on any atom is -0.324 e. The van der Waals surface area contributed by atoms with Crippen LogP contribution in [0.3, 0.4) is 0 Å². The van der Waals surface area contributed by atoms with Crippen LogP contribution in [0.4, 0.5) is 11.4 Å². The second kappa shape index (κ2) is 12.3. The maximum atomic E-state index is 13.6. The molecule has 4 nitrogen and oxygen atoms in total. The van der Waals surface area contributed by atoms with E-state index in [2.05, 4.69) is 17.6 Å². The molecule has 1 unspecified atom stereocenters. The molecule has 7 heteroatoms. The number of hydrogen-bond donors (Lipinski definition) is 2. The van der Waals surface area contributed by atoms with Gasteiger partial charge in [0, 0.05) is 21.3 Å². The molecule has 0 spiro atoms. The average molecular weight is 550 g/mol. The van der Waals surface area contributed by atoms with Crippen LogP contribution in [0.1, 0.15) is 39.2 Å². The third-order valence-electron chi connectivity index (χ3n) is 5.85. The van der Waals surface area contributed by atoms with E-state index in [4.69, 9.17) is 23.2 Å². The molecule has 0 aliphatic rings. The fraction of sp³-hybridized carbons (Fsp3) is 0.133. The number of benzene rings is 4. The molecule has 0 fully saturated rings. The second-order valence-corrected chi connectivity index (χ2v) is 10.5. The summed E-state index contributed by atoms with van der Waals surface area (Å²) in [6, 6.07) is 27.9. The van der Waals surface area contributed by atoms with Gasteiger partial charge in [-0.3, -0.25) is 9.59 Å². The Kier molecular flexibility index (Phi) is 8.93. The molecule has 0 aromatic heterocycles. The van der Waals surface area contributed by atoms with Gasteiger partial charge in [0.1, 0.15) is 5.25 Å². The molecule has 0 aliphatic heterocycles. The molecule has 4 aromatic rings. The molecule has 1 atom stereocenters. The molecule has 0 radical (unpaired) electrons. The fourth-order valence-corrected chi connectivity index (χ4v) is 5.52. The smallest absolute Gasteiger partial charge is 0.257 e. The van der Waals surface area contributed by atoms with Gasteiger partial charge in [0.2, 0.25) is 5.91 Å². The molecule has 188 valence electrons. The van der Waals surface area contributed by atoms with E-state index in [0.717, 1.165) is 33.7 Å². The lowest BCUT2D eigenvalue weighted by Crippen LogP contribution is -2.20. The molecular formula is C30H26Cl2N2O2S. The van der Waals surface area contributed by atoms with Crippen molar-refractivity contribution in [1.82, 2.24) is 0 Å². The van der Waals surface area contributed by atoms with Crippen LogP contribution < -0.4 is 10.6 Å². The minimum atomic E-state index is -0.498. The van der Waals surface area contributed by atoms with Crippen molar-refractivity contribution in [1.29, 1.82) is 0 Å². The van der Waals surface area contributed by atoms with Crippen molar-refractivity contribution < 1.29 is 9.59 Å². The van der Waals surface area contributed by atoms with Crippen LogP contribution in [0.15, 0.2) is 95.9 Å². The number of halogens is 2. The summed E-state index contributed by atoms with van der Waals surface area (Å²) in [4.78, 5) is 27.3. The normalized spacial score (nSPS) is 11.6. The summed E-state index contributed by atoms with van der Waals surface area (Å²) in [5, 5.41) is 6.29. The summed E-state index contributed by atoms with van der Waals surface area (Å²) in [7, 11) is 0. The Balaban J connectivity index is 1.58. The first-order chi connectivity index (χ1) is 17.9. The van der Waals surface area contributed by atoms with E-state index in [9.17, 15) is 9.59 Å². The highest BCUT2D eigenvalue weighted by atomic mass is 35.5. The summed E-state index contributed by atoms with van der Waals surface area (Å²) in [6.45, 7) is 4.07. The van der Waals surface area contributed by atoms with E-state index < -0.39 is 5.25 Å². The number of carbonyl (C=O) groups excluding carboxylic acids is 2. The van der Waals surface area contributed by atoms with Crippen LogP contribution in [0.25, 0.3) is 0 Å². The molecule has 0 aliphatic carbocycles. The number of thioether (sulfide) groups is 1. The summed E-state index contributed by atoms with van der Waals surface area (Å²) in [5.41, 5.74) is 4.79. The fourth-order valence-electron chi connectivity index (χ4n) is 3.95. The quantitative estimate of drug-likeness (QED) is 0.217. The van der Waals surface area contributed by atoms with E-state index in [1.54, 1.807) is 18.2 Å². The number of aryl methyl sites for hydroxylation is 2. The largest absolute Gasteiger partial charge is 0.324 e. The molecule has 0 saturated heterocycles. The van der Waals surface area contributed by atoms with Crippen LogP contribution in [0.5, 0.6) is 0 Å². The lowest BCUT2D eigenvalue weighted by molar-refractivity contribution is -0.115. The lowest BCUT2D eigenvalue weighted by Gasteiger charge is -2.20. The summed E-state index contributed by atoms with van der Waals surface area (Å²) < 4.78 is 0. The summed E-state index contributed by atoms with van der Waals surface area (Å²) in [6.07, 6.45) is 0.819. The number of anilines is 2. The Bertz CT molecular complexity index is 1430. The molecule has 2 amide bonds. The Morgan fingerprint density at radius 2 is 1.62 bits per heavy atom. The Hall–Kier alpha value is -3.25. The number of hydrogen-bond acceptors (Lipinski definition) is 3. The molecule has 2 N–H and O–H groups in total. The number of amides is 2. The third kappa shape index (κ3) is 6.75. The van der Waals surface area contributed by atoms with Gasteiger partial charge in [-0.2, -0.15) is 0 Å². The predicted molar refractivity (Wildman–Crippen MR) is 155 cm³/mol. The van der Waals surface area contributed by atoms with Crippen LogP contribution >= 0.6 is 35.0 Å². The monoisotopic (exact) mass is 548 g/mol. The van der Waals surface area contributed by atoms with E-state index in [1.807, 2.05) is 73.7 Å². The Morgan fingerprint density at radius 3 is 2.35 bits per heavy atom. The van der Waals surface area contributed by atoms with Crippen LogP contribution in [-0.2, 0) is 11.2 Å². The van der Waals surface area contributed by atoms with Crippen LogP contribution in [0.2, 0.25) is 10.0 Å². The highest BCUT2D eigenvalue weighted by molar-refractivity contribution is 8.00. The van der Waals surface area contributed by atoms with Gasteiger partial charge in [-0.1, -0.05) is 84.7 Å². The van der Waals surface area contributed by atoms with Crippen LogP contribution in [0, 0.1) is 6.92 Å². The number of nitrogens with one attached hydrogen (secondary N) is 2. The number of rotatable bonds is 8. The van der Waals surface area contributed by atoms with E-state index >= 15 is 0 Å². The van der Waals surface area contributed by atoms with Crippen molar-refractivity contribution in [3.05, 3.63) is 123 Å². The minimum absolute atomic E-state index is 0.109. The van der Waals surface area contributed by atoms with E-state index in [1.165, 1.54) is 17.8 Å². The molecule has 4 aromatic carbocycles. The molecule has 0 saturated carbocycles. The number of carbonyl (C=O) groups is 2. The summed E-state index contributed by atoms with van der Waals surface area (Å²) in [5.74, 6) is -0.449. The van der Waals surface area contributed by atoms with E-state index in [0.29, 0.717) is 16.3 Å². The zero-order valence-corrected chi connectivity index (χ0v) is 22.8. The third-order valence-corrected chi connectivity index (χ3v) is 7.65. The van der Waals surface area contributed by atoms with Crippen molar-refractivity contribution in [3.63, 3.8) is 0 Å². The zero-order chi connectivity index (χ0) is 26.4. The van der Waals surface area contributed by atoms with Crippen molar-refractivity contribution in [2.75, 3.05) is 10.6 Å². The molecular weight excluding hydrogens is 523 g/mol. The standard InChI is InChI=1S/C30H26Cl2N2O2S/c1-3-20-12-7-9-19(2)27(20)34-30(36)28(21-10-5-4-6-11-21)37-24-14-8-13-23(18-24)33-29(35)25-16-15-22(31)17-26(25)32/h4-18,28H,3H2,1-2H3,(H,33,35)(H,34,36). The van der Waals surface area contributed by atoms with Gasteiger partial charge >= 0.3 is 0 Å². The second-order valence-electron chi connectivity index (χ2n) is 8.47. The number of para-hydroxylation sites is 1. The van der Waals surface area contributed by atoms with E-state index in [-0.39, 0.29) is 16.8 Å². The molecule has 0 bridgehead atoms. The van der Waals surface area contributed by atoms with Gasteiger partial charge in [-0.05, 0) is 66.4 Å². The van der Waals surface area contributed by atoms with Gasteiger partial charge in [0.25, 0.3) is 5.91 Å². The first kappa shape index (κ1) is 26.8. The maximum Gasteiger partial charge on any atom is 0.257 e. The molecule has 4 rings (SSSR count). The van der Waals surface area contributed by atoms with Crippen molar-refractivity contribution >= 4 is 58.2 Å². The van der Waals surface area contributed by atoms with Gasteiger partial charge < -0.3 is 10.6 Å². The lowest BCUT2D eigenvalue weighted by atomic mass is 10.1.